The fourth-order valence-electron chi connectivity index (χ4n) is 2.49. The number of Topliss-reactive ketones (excluding diaryl/α,β-unsaturated/α-hetero) is 1. The third-order valence-electron chi connectivity index (χ3n) is 3.66. The highest BCUT2D eigenvalue weighted by Gasteiger charge is 2.38. The number of ether oxygens (including phenoxy) is 1. The first-order valence-electron chi connectivity index (χ1n) is 6.37. The molecule has 0 amide bonds. The van der Waals surface area contributed by atoms with E-state index >= 15 is 0 Å². The Kier molecular flexibility index (Phi) is 5.69. The van der Waals surface area contributed by atoms with E-state index in [1.807, 2.05) is 0 Å². The van der Waals surface area contributed by atoms with E-state index in [-0.39, 0.29) is 31.0 Å². The highest BCUT2D eigenvalue weighted by atomic mass is 19.2. The molecule has 3 nitrogen and oxygen atoms in total. The van der Waals surface area contributed by atoms with Gasteiger partial charge in [0.15, 0.2) is 0 Å². The summed E-state index contributed by atoms with van der Waals surface area (Å²) in [4.78, 5) is 22.9. The first-order valence-corrected chi connectivity index (χ1v) is 6.37. The van der Waals surface area contributed by atoms with Crippen LogP contribution in [-0.4, -0.2) is 31.2 Å². The number of carbonyl (C=O) groups excluding carboxylic acids is 2. The van der Waals surface area contributed by atoms with E-state index in [4.69, 9.17) is 0 Å². The SMILES string of the molecule is CCC(F)C(F)C[C@H]1C(=O)CC[C@@H]1CC(=O)OC. The molecule has 0 spiro atoms. The topological polar surface area (TPSA) is 43.4 Å². The zero-order valence-electron chi connectivity index (χ0n) is 10.8. The van der Waals surface area contributed by atoms with Crippen LogP contribution in [0.25, 0.3) is 0 Å². The minimum absolute atomic E-state index is 0.0603. The molecule has 0 bridgehead atoms. The molecule has 0 aliphatic heterocycles. The number of ketones is 1. The fourth-order valence-corrected chi connectivity index (χ4v) is 2.49. The minimum Gasteiger partial charge on any atom is -0.469 e. The van der Waals surface area contributed by atoms with Gasteiger partial charge in [-0.2, -0.15) is 0 Å². The molecule has 0 aromatic carbocycles. The maximum absolute atomic E-state index is 13.6. The molecular formula is C13H20F2O3. The van der Waals surface area contributed by atoms with E-state index in [1.165, 1.54) is 7.11 Å². The second-order valence-electron chi connectivity index (χ2n) is 4.83. The van der Waals surface area contributed by atoms with Crippen molar-refractivity contribution >= 4 is 11.8 Å². The summed E-state index contributed by atoms with van der Waals surface area (Å²) in [6, 6.07) is 0. The molecular weight excluding hydrogens is 242 g/mol. The monoisotopic (exact) mass is 262 g/mol. The lowest BCUT2D eigenvalue weighted by Gasteiger charge is -2.20. The molecule has 1 aliphatic carbocycles. The molecule has 1 fully saturated rings. The van der Waals surface area contributed by atoms with Gasteiger partial charge in [-0.1, -0.05) is 6.92 Å². The molecule has 2 unspecified atom stereocenters. The summed E-state index contributed by atoms with van der Waals surface area (Å²) < 4.78 is 31.3. The van der Waals surface area contributed by atoms with Crippen molar-refractivity contribution in [2.24, 2.45) is 11.8 Å². The van der Waals surface area contributed by atoms with Crippen LogP contribution in [0.2, 0.25) is 0 Å². The van der Waals surface area contributed by atoms with Gasteiger partial charge in [-0.15, -0.1) is 0 Å². The number of hydrogen-bond donors (Lipinski definition) is 0. The summed E-state index contributed by atoms with van der Waals surface area (Å²) in [6.07, 6.45) is -2.14. The predicted octanol–water partition coefficient (Wildman–Crippen LogP) is 2.62. The Balaban J connectivity index is 2.59. The number of hydrogen-bond acceptors (Lipinski definition) is 3. The van der Waals surface area contributed by atoms with Gasteiger partial charge < -0.3 is 4.74 Å². The summed E-state index contributed by atoms with van der Waals surface area (Å²) in [5, 5.41) is 0. The van der Waals surface area contributed by atoms with Crippen molar-refractivity contribution in [2.75, 3.05) is 7.11 Å². The average Bonchev–Trinajstić information content (AvgIpc) is 2.70. The van der Waals surface area contributed by atoms with Crippen molar-refractivity contribution in [1.82, 2.24) is 0 Å². The second kappa shape index (κ2) is 6.81. The summed E-state index contributed by atoms with van der Waals surface area (Å²) >= 11 is 0. The minimum atomic E-state index is -1.62. The maximum atomic E-state index is 13.6. The lowest BCUT2D eigenvalue weighted by atomic mass is 9.87. The van der Waals surface area contributed by atoms with E-state index in [0.717, 1.165) is 0 Å². The molecule has 0 aromatic rings. The third kappa shape index (κ3) is 3.75. The standard InChI is InChI=1S/C13H20F2O3/c1-3-10(14)11(15)7-9-8(4-5-12(9)16)6-13(17)18-2/h8-11H,3-7H2,1-2H3/t8-,9-,10?,11?/m1/s1. The van der Waals surface area contributed by atoms with Crippen LogP contribution in [0.15, 0.2) is 0 Å². The van der Waals surface area contributed by atoms with Crippen LogP contribution in [0.4, 0.5) is 8.78 Å². The van der Waals surface area contributed by atoms with Crippen LogP contribution < -0.4 is 0 Å². The van der Waals surface area contributed by atoms with Crippen LogP contribution >= 0.6 is 0 Å². The van der Waals surface area contributed by atoms with Crippen LogP contribution in [0.3, 0.4) is 0 Å². The fraction of sp³-hybridized carbons (Fsp3) is 0.846. The van der Waals surface area contributed by atoms with E-state index in [9.17, 15) is 18.4 Å². The van der Waals surface area contributed by atoms with Crippen molar-refractivity contribution in [3.63, 3.8) is 0 Å². The van der Waals surface area contributed by atoms with Crippen molar-refractivity contribution < 1.29 is 23.1 Å². The predicted molar refractivity (Wildman–Crippen MR) is 62.6 cm³/mol. The molecule has 0 heterocycles. The van der Waals surface area contributed by atoms with Crippen LogP contribution in [0.1, 0.15) is 39.0 Å². The molecule has 0 N–H and O–H groups in total. The summed E-state index contributed by atoms with van der Waals surface area (Å²) in [7, 11) is 1.28. The third-order valence-corrected chi connectivity index (χ3v) is 3.66. The molecule has 0 aromatic heterocycles. The zero-order chi connectivity index (χ0) is 13.7. The van der Waals surface area contributed by atoms with Gasteiger partial charge in [-0.05, 0) is 25.2 Å². The Bertz CT molecular complexity index is 307. The quantitative estimate of drug-likeness (QED) is 0.691. The summed E-state index contributed by atoms with van der Waals surface area (Å²) in [6.45, 7) is 1.57. The molecule has 104 valence electrons. The van der Waals surface area contributed by atoms with Crippen LogP contribution in [0, 0.1) is 11.8 Å². The number of carbonyl (C=O) groups is 2. The summed E-state index contributed by atoms with van der Waals surface area (Å²) in [5.41, 5.74) is 0. The van der Waals surface area contributed by atoms with E-state index in [0.29, 0.717) is 12.8 Å². The molecule has 1 rings (SSSR count). The van der Waals surface area contributed by atoms with Gasteiger partial charge in [-0.3, -0.25) is 9.59 Å². The van der Waals surface area contributed by atoms with Crippen LogP contribution in [0.5, 0.6) is 0 Å². The molecule has 4 atom stereocenters. The Morgan fingerprint density at radius 3 is 2.67 bits per heavy atom. The Morgan fingerprint density at radius 1 is 1.44 bits per heavy atom. The zero-order valence-corrected chi connectivity index (χ0v) is 10.8. The van der Waals surface area contributed by atoms with Gasteiger partial charge in [0.2, 0.25) is 0 Å². The molecule has 1 aliphatic rings. The Hall–Kier alpha value is -1.00. The number of rotatable bonds is 6. The van der Waals surface area contributed by atoms with Crippen molar-refractivity contribution in [1.29, 1.82) is 0 Å². The smallest absolute Gasteiger partial charge is 0.305 e. The molecule has 18 heavy (non-hydrogen) atoms. The number of methoxy groups -OCH3 is 1. The highest BCUT2D eigenvalue weighted by Crippen LogP contribution is 2.36. The van der Waals surface area contributed by atoms with E-state index in [2.05, 4.69) is 4.74 Å². The van der Waals surface area contributed by atoms with Gasteiger partial charge in [-0.25, -0.2) is 8.78 Å². The highest BCUT2D eigenvalue weighted by molar-refractivity contribution is 5.84. The first-order chi connectivity index (χ1) is 8.49. The van der Waals surface area contributed by atoms with Gasteiger partial charge in [0, 0.05) is 18.8 Å². The van der Waals surface area contributed by atoms with Crippen molar-refractivity contribution in [3.05, 3.63) is 0 Å². The average molecular weight is 262 g/mol. The summed E-state index contributed by atoms with van der Waals surface area (Å²) in [5.74, 6) is -1.20. The van der Waals surface area contributed by atoms with Gasteiger partial charge in [0.1, 0.15) is 18.1 Å². The Labute approximate surface area is 106 Å². The molecule has 0 radical (unpaired) electrons. The van der Waals surface area contributed by atoms with Crippen molar-refractivity contribution in [3.8, 4) is 0 Å². The number of alkyl halides is 2. The number of halogens is 2. The Morgan fingerprint density at radius 2 is 2.11 bits per heavy atom. The largest absolute Gasteiger partial charge is 0.469 e. The lowest BCUT2D eigenvalue weighted by molar-refractivity contribution is -0.142. The lowest BCUT2D eigenvalue weighted by Crippen LogP contribution is -2.26. The normalized spacial score (nSPS) is 27.0. The van der Waals surface area contributed by atoms with Gasteiger partial charge in [0.25, 0.3) is 0 Å². The van der Waals surface area contributed by atoms with Gasteiger partial charge >= 0.3 is 5.97 Å². The van der Waals surface area contributed by atoms with E-state index < -0.39 is 24.2 Å². The van der Waals surface area contributed by atoms with Gasteiger partial charge in [0.05, 0.1) is 7.11 Å². The van der Waals surface area contributed by atoms with E-state index in [1.54, 1.807) is 6.92 Å². The van der Waals surface area contributed by atoms with Crippen molar-refractivity contribution in [2.45, 2.75) is 51.4 Å². The molecule has 1 saturated carbocycles. The molecule has 0 saturated heterocycles. The maximum Gasteiger partial charge on any atom is 0.305 e. The molecule has 5 heteroatoms. The number of esters is 1. The van der Waals surface area contributed by atoms with Crippen LogP contribution in [-0.2, 0) is 14.3 Å². The first kappa shape index (κ1) is 15.1. The second-order valence-corrected chi connectivity index (χ2v) is 4.83.